The molecule has 0 aliphatic carbocycles. The first kappa shape index (κ1) is 17.3. The molecule has 0 atom stereocenters. The number of carbonyl (C=O) groups is 3. The topological polar surface area (TPSA) is 106 Å². The number of rotatable bonds is 9. The maximum atomic E-state index is 11.3. The first-order chi connectivity index (χ1) is 9.10. The van der Waals surface area contributed by atoms with E-state index in [9.17, 15) is 14.4 Å². The summed E-state index contributed by atoms with van der Waals surface area (Å²) in [7, 11) is 1.51. The van der Waals surface area contributed by atoms with E-state index in [2.05, 4.69) is 16.0 Å². The standard InChI is InChI=1S/C11H21N3O5/c1-3-19-10(16)4-5-12-8-9(15)14-11(17)13-6-7-18-2/h12H,3-8H2,1-2H3,(H2,13,14,15,17). The van der Waals surface area contributed by atoms with E-state index in [1.165, 1.54) is 7.11 Å². The maximum Gasteiger partial charge on any atom is 0.321 e. The first-order valence-electron chi connectivity index (χ1n) is 6.03. The minimum atomic E-state index is -0.575. The average Bonchev–Trinajstić information content (AvgIpc) is 2.35. The van der Waals surface area contributed by atoms with Crippen molar-refractivity contribution < 1.29 is 23.9 Å². The van der Waals surface area contributed by atoms with Crippen LogP contribution in [0.25, 0.3) is 0 Å². The predicted molar refractivity (Wildman–Crippen MR) is 67.5 cm³/mol. The Morgan fingerprint density at radius 1 is 1.16 bits per heavy atom. The van der Waals surface area contributed by atoms with E-state index in [4.69, 9.17) is 9.47 Å². The van der Waals surface area contributed by atoms with Gasteiger partial charge in [0.2, 0.25) is 5.91 Å². The normalized spacial score (nSPS) is 9.79. The van der Waals surface area contributed by atoms with E-state index in [0.717, 1.165) is 0 Å². The molecule has 0 bridgehead atoms. The van der Waals surface area contributed by atoms with Gasteiger partial charge in [-0.2, -0.15) is 0 Å². The smallest absolute Gasteiger partial charge is 0.321 e. The highest BCUT2D eigenvalue weighted by Crippen LogP contribution is 1.83. The third kappa shape index (κ3) is 11.2. The molecule has 0 aliphatic heterocycles. The zero-order chi connectivity index (χ0) is 14.5. The fourth-order valence-electron chi connectivity index (χ4n) is 1.11. The predicted octanol–water partition coefficient (Wildman–Crippen LogP) is -0.999. The molecule has 110 valence electrons. The van der Waals surface area contributed by atoms with Crippen LogP contribution < -0.4 is 16.0 Å². The summed E-state index contributed by atoms with van der Waals surface area (Å²) in [4.78, 5) is 33.4. The quantitative estimate of drug-likeness (QED) is 0.368. The lowest BCUT2D eigenvalue weighted by atomic mass is 10.4. The van der Waals surface area contributed by atoms with Gasteiger partial charge >= 0.3 is 12.0 Å². The molecule has 0 aliphatic rings. The number of amides is 3. The Morgan fingerprint density at radius 2 is 1.89 bits per heavy atom. The lowest BCUT2D eigenvalue weighted by Crippen LogP contribution is -2.44. The third-order valence-electron chi connectivity index (χ3n) is 1.94. The number of methoxy groups -OCH3 is 1. The van der Waals surface area contributed by atoms with E-state index in [-0.39, 0.29) is 18.9 Å². The summed E-state index contributed by atoms with van der Waals surface area (Å²) in [5, 5.41) is 7.30. The molecule has 8 nitrogen and oxygen atoms in total. The van der Waals surface area contributed by atoms with Crippen LogP contribution in [0.1, 0.15) is 13.3 Å². The van der Waals surface area contributed by atoms with E-state index >= 15 is 0 Å². The highest BCUT2D eigenvalue weighted by Gasteiger charge is 2.07. The van der Waals surface area contributed by atoms with E-state index in [0.29, 0.717) is 26.3 Å². The molecule has 0 aromatic rings. The SMILES string of the molecule is CCOC(=O)CCNCC(=O)NC(=O)NCCOC. The van der Waals surface area contributed by atoms with Crippen molar-refractivity contribution in [2.75, 3.05) is 40.0 Å². The van der Waals surface area contributed by atoms with Gasteiger partial charge < -0.3 is 20.1 Å². The summed E-state index contributed by atoms with van der Waals surface area (Å²) >= 11 is 0. The lowest BCUT2D eigenvalue weighted by molar-refractivity contribution is -0.143. The second kappa shape index (κ2) is 11.4. The largest absolute Gasteiger partial charge is 0.466 e. The Balaban J connectivity index is 3.53. The van der Waals surface area contributed by atoms with Crippen LogP contribution in [0.3, 0.4) is 0 Å². The molecular formula is C11H21N3O5. The summed E-state index contributed by atoms with van der Waals surface area (Å²) in [5.41, 5.74) is 0. The number of nitrogens with one attached hydrogen (secondary N) is 3. The summed E-state index contributed by atoms with van der Waals surface area (Å²) in [5.74, 6) is -0.800. The van der Waals surface area contributed by atoms with Crippen LogP contribution in [-0.2, 0) is 19.1 Å². The molecule has 0 spiro atoms. The van der Waals surface area contributed by atoms with Gasteiger partial charge in [0.25, 0.3) is 0 Å². The van der Waals surface area contributed by atoms with Crippen molar-refractivity contribution in [2.45, 2.75) is 13.3 Å². The molecule has 0 unspecified atom stereocenters. The van der Waals surface area contributed by atoms with Gasteiger partial charge in [-0.1, -0.05) is 0 Å². The molecule has 0 aromatic carbocycles. The minimum absolute atomic E-state index is 0.0445. The third-order valence-corrected chi connectivity index (χ3v) is 1.94. The average molecular weight is 275 g/mol. The Hall–Kier alpha value is -1.67. The first-order valence-corrected chi connectivity index (χ1v) is 6.03. The van der Waals surface area contributed by atoms with Crippen molar-refractivity contribution in [3.8, 4) is 0 Å². The molecule has 0 heterocycles. The second-order valence-electron chi connectivity index (χ2n) is 3.53. The highest BCUT2D eigenvalue weighted by molar-refractivity contribution is 5.95. The maximum absolute atomic E-state index is 11.3. The van der Waals surface area contributed by atoms with E-state index in [1.807, 2.05) is 0 Å². The van der Waals surface area contributed by atoms with Crippen LogP contribution >= 0.6 is 0 Å². The number of carbonyl (C=O) groups excluding carboxylic acids is 3. The van der Waals surface area contributed by atoms with Crippen LogP contribution in [0.4, 0.5) is 4.79 Å². The Kier molecular flexibility index (Phi) is 10.4. The van der Waals surface area contributed by atoms with Crippen LogP contribution in [0.2, 0.25) is 0 Å². The van der Waals surface area contributed by atoms with E-state index in [1.54, 1.807) is 6.92 Å². The highest BCUT2D eigenvalue weighted by atomic mass is 16.5. The fourth-order valence-corrected chi connectivity index (χ4v) is 1.11. The van der Waals surface area contributed by atoms with Crippen molar-refractivity contribution in [3.63, 3.8) is 0 Å². The van der Waals surface area contributed by atoms with Crippen LogP contribution in [0.15, 0.2) is 0 Å². The minimum Gasteiger partial charge on any atom is -0.466 e. The summed E-state index contributed by atoms with van der Waals surface area (Å²) in [6.07, 6.45) is 0.182. The monoisotopic (exact) mass is 275 g/mol. The van der Waals surface area contributed by atoms with Crippen molar-refractivity contribution in [1.29, 1.82) is 0 Å². The van der Waals surface area contributed by atoms with Crippen LogP contribution in [0, 0.1) is 0 Å². The van der Waals surface area contributed by atoms with Gasteiger partial charge in [0.05, 0.1) is 26.2 Å². The summed E-state index contributed by atoms with van der Waals surface area (Å²) in [6.45, 7) is 3.03. The number of hydrogen-bond acceptors (Lipinski definition) is 6. The van der Waals surface area contributed by atoms with Crippen molar-refractivity contribution >= 4 is 17.9 Å². The molecule has 0 aromatic heterocycles. The fraction of sp³-hybridized carbons (Fsp3) is 0.727. The van der Waals surface area contributed by atoms with E-state index < -0.39 is 11.9 Å². The van der Waals surface area contributed by atoms with Gasteiger partial charge in [0, 0.05) is 20.2 Å². The number of esters is 1. The molecule has 0 rings (SSSR count). The molecule has 19 heavy (non-hydrogen) atoms. The number of hydrogen-bond donors (Lipinski definition) is 3. The van der Waals surface area contributed by atoms with Gasteiger partial charge in [0.1, 0.15) is 0 Å². The lowest BCUT2D eigenvalue weighted by Gasteiger charge is -2.07. The van der Waals surface area contributed by atoms with Crippen molar-refractivity contribution in [1.82, 2.24) is 16.0 Å². The summed E-state index contributed by atoms with van der Waals surface area (Å²) < 4.78 is 9.45. The Bertz CT molecular complexity index is 296. The van der Waals surface area contributed by atoms with Gasteiger partial charge in [-0.3, -0.25) is 14.9 Å². The van der Waals surface area contributed by atoms with Crippen molar-refractivity contribution in [3.05, 3.63) is 0 Å². The number of ether oxygens (including phenoxy) is 2. The van der Waals surface area contributed by atoms with Crippen LogP contribution in [-0.4, -0.2) is 57.9 Å². The van der Waals surface area contributed by atoms with Crippen LogP contribution in [0.5, 0.6) is 0 Å². The molecule has 8 heteroatoms. The van der Waals surface area contributed by atoms with Gasteiger partial charge in [-0.15, -0.1) is 0 Å². The molecule has 3 amide bonds. The summed E-state index contributed by atoms with van der Waals surface area (Å²) in [6, 6.07) is -0.575. The molecule has 0 fully saturated rings. The number of imide groups is 1. The second-order valence-corrected chi connectivity index (χ2v) is 3.53. The van der Waals surface area contributed by atoms with Gasteiger partial charge in [-0.05, 0) is 6.92 Å². The van der Waals surface area contributed by atoms with Gasteiger partial charge in [-0.25, -0.2) is 4.79 Å². The molecule has 0 radical (unpaired) electrons. The van der Waals surface area contributed by atoms with Crippen molar-refractivity contribution in [2.24, 2.45) is 0 Å². The Labute approximate surface area is 112 Å². The molecular weight excluding hydrogens is 254 g/mol. The molecule has 0 saturated carbocycles. The molecule has 3 N–H and O–H groups in total. The molecule has 0 saturated heterocycles. The zero-order valence-electron chi connectivity index (χ0n) is 11.3. The zero-order valence-corrected chi connectivity index (χ0v) is 11.3. The van der Waals surface area contributed by atoms with Gasteiger partial charge in [0.15, 0.2) is 0 Å². The number of urea groups is 1. The Morgan fingerprint density at radius 3 is 2.53 bits per heavy atom.